The van der Waals surface area contributed by atoms with Gasteiger partial charge in [0.15, 0.2) is 0 Å². The lowest BCUT2D eigenvalue weighted by Gasteiger charge is -2.26. The number of rotatable bonds is 4. The molecule has 5 heteroatoms. The lowest BCUT2D eigenvalue weighted by molar-refractivity contribution is -0.147. The van der Waals surface area contributed by atoms with Gasteiger partial charge in [0.2, 0.25) is 5.91 Å². The smallest absolute Gasteiger partial charge is 0.307 e. The molecule has 0 saturated carbocycles. The van der Waals surface area contributed by atoms with E-state index < -0.39 is 17.8 Å². The van der Waals surface area contributed by atoms with Gasteiger partial charge < -0.3 is 10.4 Å². The summed E-state index contributed by atoms with van der Waals surface area (Å²) in [4.78, 5) is 23.6. The molecule has 1 aromatic rings. The van der Waals surface area contributed by atoms with Crippen molar-refractivity contribution in [1.29, 1.82) is 0 Å². The number of hydrogen-bond acceptors (Lipinski definition) is 2. The summed E-state index contributed by atoms with van der Waals surface area (Å²) in [5.74, 6) is -2.35. The van der Waals surface area contributed by atoms with Gasteiger partial charge in [0.05, 0.1) is 17.9 Å². The number of halogens is 1. The largest absolute Gasteiger partial charge is 0.481 e. The van der Waals surface area contributed by atoms with Gasteiger partial charge in [0.25, 0.3) is 0 Å². The SMILES string of the molecule is C[C@H](NC(=O)[C@H]1CC=CC[C@H]1C(=O)O)c1ccccc1Cl. The standard InChI is InChI=1S/C16H18ClNO3/c1-10(11-6-4-5-9-14(11)17)18-15(19)12-7-2-3-8-13(12)16(20)21/h2-6,9-10,12-13H,7-8H2,1H3,(H,18,19)(H,20,21)/t10-,12-,13+/m0/s1. The normalized spacial score (nSPS) is 22.6. The molecule has 0 aromatic heterocycles. The number of carbonyl (C=O) groups is 2. The van der Waals surface area contributed by atoms with Gasteiger partial charge in [-0.15, -0.1) is 0 Å². The van der Waals surface area contributed by atoms with Crippen LogP contribution in [0.3, 0.4) is 0 Å². The molecule has 4 nitrogen and oxygen atoms in total. The van der Waals surface area contributed by atoms with E-state index in [0.717, 1.165) is 5.56 Å². The van der Waals surface area contributed by atoms with Gasteiger partial charge in [-0.1, -0.05) is 42.0 Å². The van der Waals surface area contributed by atoms with E-state index in [9.17, 15) is 14.7 Å². The molecule has 0 radical (unpaired) electrons. The third-order valence-corrected chi connectivity index (χ3v) is 4.16. The van der Waals surface area contributed by atoms with Crippen LogP contribution in [0.25, 0.3) is 0 Å². The van der Waals surface area contributed by atoms with Crippen LogP contribution in [0, 0.1) is 11.8 Å². The Bertz CT molecular complexity index is 570. The predicted octanol–water partition coefficient (Wildman–Crippen LogP) is 3.18. The Hall–Kier alpha value is -1.81. The fourth-order valence-corrected chi connectivity index (χ4v) is 2.90. The van der Waals surface area contributed by atoms with E-state index in [1.54, 1.807) is 6.07 Å². The van der Waals surface area contributed by atoms with Crippen molar-refractivity contribution in [3.8, 4) is 0 Å². The molecular weight excluding hydrogens is 290 g/mol. The highest BCUT2D eigenvalue weighted by molar-refractivity contribution is 6.31. The number of hydrogen-bond donors (Lipinski definition) is 2. The van der Waals surface area contributed by atoms with Crippen molar-refractivity contribution in [1.82, 2.24) is 5.32 Å². The first-order valence-electron chi connectivity index (χ1n) is 6.93. The van der Waals surface area contributed by atoms with E-state index in [4.69, 9.17) is 11.6 Å². The van der Waals surface area contributed by atoms with Gasteiger partial charge in [-0.05, 0) is 31.4 Å². The van der Waals surface area contributed by atoms with Crippen molar-refractivity contribution >= 4 is 23.5 Å². The molecule has 2 N–H and O–H groups in total. The molecule has 2 rings (SSSR count). The van der Waals surface area contributed by atoms with Gasteiger partial charge in [0.1, 0.15) is 0 Å². The Morgan fingerprint density at radius 3 is 2.48 bits per heavy atom. The molecule has 1 amide bonds. The maximum absolute atomic E-state index is 12.4. The second kappa shape index (κ2) is 6.76. The summed E-state index contributed by atoms with van der Waals surface area (Å²) >= 11 is 6.11. The molecule has 0 spiro atoms. The van der Waals surface area contributed by atoms with E-state index in [-0.39, 0.29) is 11.9 Å². The van der Waals surface area contributed by atoms with Crippen LogP contribution in [-0.4, -0.2) is 17.0 Å². The molecule has 3 atom stereocenters. The van der Waals surface area contributed by atoms with E-state index in [2.05, 4.69) is 5.32 Å². The Labute approximate surface area is 128 Å². The molecule has 0 unspecified atom stereocenters. The highest BCUT2D eigenvalue weighted by Crippen LogP contribution is 2.28. The van der Waals surface area contributed by atoms with Crippen molar-refractivity contribution in [3.63, 3.8) is 0 Å². The fourth-order valence-electron chi connectivity index (χ4n) is 2.60. The molecule has 0 saturated heterocycles. The second-order valence-corrected chi connectivity index (χ2v) is 5.65. The van der Waals surface area contributed by atoms with Crippen molar-refractivity contribution in [2.45, 2.75) is 25.8 Å². The molecule has 0 heterocycles. The van der Waals surface area contributed by atoms with Crippen LogP contribution in [0.1, 0.15) is 31.4 Å². The Balaban J connectivity index is 2.08. The maximum atomic E-state index is 12.4. The van der Waals surface area contributed by atoms with E-state index >= 15 is 0 Å². The lowest BCUT2D eigenvalue weighted by Crippen LogP contribution is -2.39. The van der Waals surface area contributed by atoms with E-state index in [1.807, 2.05) is 37.3 Å². The second-order valence-electron chi connectivity index (χ2n) is 5.25. The highest BCUT2D eigenvalue weighted by atomic mass is 35.5. The Morgan fingerprint density at radius 1 is 1.24 bits per heavy atom. The zero-order valence-electron chi connectivity index (χ0n) is 11.8. The summed E-state index contributed by atoms with van der Waals surface area (Å²) < 4.78 is 0. The number of allylic oxidation sites excluding steroid dienone is 2. The third-order valence-electron chi connectivity index (χ3n) is 3.82. The van der Waals surface area contributed by atoms with Crippen molar-refractivity contribution in [3.05, 3.63) is 47.0 Å². The van der Waals surface area contributed by atoms with Crippen LogP contribution in [0.2, 0.25) is 5.02 Å². The topological polar surface area (TPSA) is 66.4 Å². The van der Waals surface area contributed by atoms with Gasteiger partial charge in [-0.3, -0.25) is 9.59 Å². The summed E-state index contributed by atoms with van der Waals surface area (Å²) in [5, 5.41) is 12.7. The Morgan fingerprint density at radius 2 is 1.86 bits per heavy atom. The van der Waals surface area contributed by atoms with Crippen LogP contribution in [0.5, 0.6) is 0 Å². The minimum atomic E-state index is -0.926. The number of nitrogens with one attached hydrogen (secondary N) is 1. The zero-order valence-corrected chi connectivity index (χ0v) is 12.5. The van der Waals surface area contributed by atoms with E-state index in [0.29, 0.717) is 17.9 Å². The molecule has 0 bridgehead atoms. The number of carboxylic acids is 1. The van der Waals surface area contributed by atoms with Crippen LogP contribution in [0.15, 0.2) is 36.4 Å². The summed E-state index contributed by atoms with van der Waals surface area (Å²) in [7, 11) is 0. The van der Waals surface area contributed by atoms with Crippen molar-refractivity contribution in [2.24, 2.45) is 11.8 Å². The minimum absolute atomic E-state index is 0.237. The summed E-state index contributed by atoms with van der Waals surface area (Å²) in [6.07, 6.45) is 4.54. The third kappa shape index (κ3) is 3.64. The van der Waals surface area contributed by atoms with Crippen molar-refractivity contribution < 1.29 is 14.7 Å². The van der Waals surface area contributed by atoms with Gasteiger partial charge in [-0.2, -0.15) is 0 Å². The average Bonchev–Trinajstić information content (AvgIpc) is 2.47. The fraction of sp³-hybridized carbons (Fsp3) is 0.375. The predicted molar refractivity (Wildman–Crippen MR) is 81.0 cm³/mol. The van der Waals surface area contributed by atoms with Crippen LogP contribution < -0.4 is 5.32 Å². The minimum Gasteiger partial charge on any atom is -0.481 e. The summed E-state index contributed by atoms with van der Waals surface area (Å²) in [6.45, 7) is 1.84. The van der Waals surface area contributed by atoms with E-state index in [1.165, 1.54) is 0 Å². The number of aliphatic carboxylic acids is 1. The summed E-state index contributed by atoms with van der Waals surface area (Å²) in [6, 6.07) is 7.04. The van der Waals surface area contributed by atoms with Crippen molar-refractivity contribution in [2.75, 3.05) is 0 Å². The molecule has 1 aliphatic rings. The zero-order chi connectivity index (χ0) is 15.4. The van der Waals surface area contributed by atoms with Crippen LogP contribution in [-0.2, 0) is 9.59 Å². The van der Waals surface area contributed by atoms with Gasteiger partial charge in [0, 0.05) is 5.02 Å². The monoisotopic (exact) mass is 307 g/mol. The number of carbonyl (C=O) groups excluding carboxylic acids is 1. The first-order valence-corrected chi connectivity index (χ1v) is 7.31. The molecule has 21 heavy (non-hydrogen) atoms. The number of carboxylic acid groups (broad SMARTS) is 1. The maximum Gasteiger partial charge on any atom is 0.307 e. The first kappa shape index (κ1) is 15.6. The molecule has 0 fully saturated rings. The molecular formula is C16H18ClNO3. The van der Waals surface area contributed by atoms with Gasteiger partial charge >= 0.3 is 5.97 Å². The number of amides is 1. The Kier molecular flexibility index (Phi) is 5.02. The quantitative estimate of drug-likeness (QED) is 0.840. The molecule has 112 valence electrons. The van der Waals surface area contributed by atoms with Gasteiger partial charge in [-0.25, -0.2) is 0 Å². The number of benzene rings is 1. The first-order chi connectivity index (χ1) is 10.0. The average molecular weight is 308 g/mol. The van der Waals surface area contributed by atoms with Crippen LogP contribution in [0.4, 0.5) is 0 Å². The molecule has 0 aliphatic heterocycles. The highest BCUT2D eigenvalue weighted by Gasteiger charge is 2.34. The molecule has 1 aromatic carbocycles. The summed E-state index contributed by atoms with van der Waals surface area (Å²) in [5.41, 5.74) is 0.825. The lowest BCUT2D eigenvalue weighted by atomic mass is 9.82. The molecule has 1 aliphatic carbocycles. The van der Waals surface area contributed by atoms with Crippen LogP contribution >= 0.6 is 11.6 Å².